The predicted octanol–water partition coefficient (Wildman–Crippen LogP) is 5.76. The number of para-hydroxylation sites is 1. The zero-order valence-electron chi connectivity index (χ0n) is 22.1. The third kappa shape index (κ3) is 4.77. The van der Waals surface area contributed by atoms with E-state index in [-0.39, 0.29) is 17.9 Å². The summed E-state index contributed by atoms with van der Waals surface area (Å²) in [6.45, 7) is 1.90. The van der Waals surface area contributed by atoms with Crippen molar-refractivity contribution in [3.05, 3.63) is 101 Å². The highest BCUT2D eigenvalue weighted by atomic mass is 16.5. The van der Waals surface area contributed by atoms with E-state index in [4.69, 9.17) is 14.2 Å². The lowest BCUT2D eigenvalue weighted by Gasteiger charge is -2.38. The molecule has 7 nitrogen and oxygen atoms in total. The number of anilines is 1. The van der Waals surface area contributed by atoms with Crippen molar-refractivity contribution in [1.82, 2.24) is 5.43 Å². The van der Waals surface area contributed by atoms with Crippen LogP contribution in [-0.2, 0) is 9.53 Å². The van der Waals surface area contributed by atoms with E-state index in [1.807, 2.05) is 55.5 Å². The van der Waals surface area contributed by atoms with Crippen molar-refractivity contribution in [1.29, 1.82) is 0 Å². The molecule has 0 unspecified atom stereocenters. The molecule has 1 aliphatic heterocycles. The first-order chi connectivity index (χ1) is 18.5. The van der Waals surface area contributed by atoms with E-state index in [1.54, 1.807) is 14.2 Å². The lowest BCUT2D eigenvalue weighted by molar-refractivity contribution is -0.131. The number of methoxy groups -OCH3 is 3. The highest BCUT2D eigenvalue weighted by molar-refractivity contribution is 6.00. The number of allylic oxidation sites excluding steroid dienone is 2. The summed E-state index contributed by atoms with van der Waals surface area (Å²) in [5, 5.41) is 8.16. The van der Waals surface area contributed by atoms with Gasteiger partial charge in [0, 0.05) is 24.3 Å². The zero-order chi connectivity index (χ0) is 26.6. The SMILES string of the molecule is COc1cccc([C@@H]2Nc3ccc(/C(C)=N\NC(=O)[C@H](OC)c4ccccc4)cc3[C@@H]3C=CC[C@@H]32)c1OC. The first-order valence-electron chi connectivity index (χ1n) is 12.8. The topological polar surface area (TPSA) is 81.2 Å². The van der Waals surface area contributed by atoms with Crippen molar-refractivity contribution in [3.8, 4) is 11.5 Å². The molecule has 2 N–H and O–H groups in total. The van der Waals surface area contributed by atoms with Crippen molar-refractivity contribution < 1.29 is 19.0 Å². The molecule has 0 saturated heterocycles. The number of hydrazone groups is 1. The van der Waals surface area contributed by atoms with Crippen molar-refractivity contribution >= 4 is 17.3 Å². The smallest absolute Gasteiger partial charge is 0.273 e. The third-order valence-corrected chi connectivity index (χ3v) is 7.46. The van der Waals surface area contributed by atoms with Crippen molar-refractivity contribution in [2.75, 3.05) is 26.6 Å². The number of nitrogens with zero attached hydrogens (tertiary/aromatic N) is 1. The van der Waals surface area contributed by atoms with Crippen LogP contribution in [0, 0.1) is 5.92 Å². The molecule has 5 rings (SSSR count). The Labute approximate surface area is 223 Å². The Morgan fingerprint density at radius 1 is 1.00 bits per heavy atom. The van der Waals surface area contributed by atoms with Crippen LogP contribution in [0.1, 0.15) is 53.7 Å². The summed E-state index contributed by atoms with van der Waals surface area (Å²) in [6.07, 6.45) is 4.79. The second-order valence-electron chi connectivity index (χ2n) is 9.56. The minimum absolute atomic E-state index is 0.0800. The third-order valence-electron chi connectivity index (χ3n) is 7.46. The average molecular weight is 512 g/mol. The Morgan fingerprint density at radius 2 is 1.82 bits per heavy atom. The van der Waals surface area contributed by atoms with Gasteiger partial charge in [-0.25, -0.2) is 5.43 Å². The second-order valence-corrected chi connectivity index (χ2v) is 9.56. The molecule has 1 heterocycles. The molecule has 196 valence electrons. The lowest BCUT2D eigenvalue weighted by Crippen LogP contribution is -2.30. The number of carbonyl (C=O) groups is 1. The van der Waals surface area contributed by atoms with Crippen LogP contribution in [0.4, 0.5) is 5.69 Å². The van der Waals surface area contributed by atoms with Gasteiger partial charge in [-0.05, 0) is 54.2 Å². The van der Waals surface area contributed by atoms with E-state index in [9.17, 15) is 4.79 Å². The van der Waals surface area contributed by atoms with Gasteiger partial charge in [0.15, 0.2) is 17.6 Å². The molecule has 1 amide bonds. The standard InChI is InChI=1S/C31H33N3O4/c1-19(33-34-31(35)29(37-3)20-10-6-5-7-11-20)21-16-17-26-25(18-21)22-12-8-13-23(22)28(32-26)24-14-9-15-27(36-2)30(24)38-4/h5-12,14-18,22-23,28-29,32H,13H2,1-4H3,(H,34,35)/b33-19-/t22-,23+,28-,29-/m1/s1. The number of rotatable bonds is 8. The fourth-order valence-electron chi connectivity index (χ4n) is 5.57. The van der Waals surface area contributed by atoms with Gasteiger partial charge in [0.2, 0.25) is 0 Å². The maximum atomic E-state index is 12.8. The van der Waals surface area contributed by atoms with Crippen molar-refractivity contribution in [2.24, 2.45) is 11.0 Å². The van der Waals surface area contributed by atoms with E-state index in [2.05, 4.69) is 46.2 Å². The molecule has 3 aromatic rings. The lowest BCUT2D eigenvalue weighted by atomic mass is 9.76. The molecular formula is C31H33N3O4. The van der Waals surface area contributed by atoms with Crippen LogP contribution in [0.5, 0.6) is 11.5 Å². The number of hydrogen-bond donors (Lipinski definition) is 2. The van der Waals surface area contributed by atoms with Crippen LogP contribution < -0.4 is 20.2 Å². The van der Waals surface area contributed by atoms with Gasteiger partial charge in [-0.3, -0.25) is 4.79 Å². The van der Waals surface area contributed by atoms with Gasteiger partial charge in [0.25, 0.3) is 5.91 Å². The fourth-order valence-corrected chi connectivity index (χ4v) is 5.57. The summed E-state index contributed by atoms with van der Waals surface area (Å²) in [7, 11) is 4.87. The van der Waals surface area contributed by atoms with E-state index in [1.165, 1.54) is 12.7 Å². The Morgan fingerprint density at radius 3 is 2.55 bits per heavy atom. The fraction of sp³-hybridized carbons (Fsp3) is 0.290. The first-order valence-corrected chi connectivity index (χ1v) is 12.8. The summed E-state index contributed by atoms with van der Waals surface area (Å²) < 4.78 is 16.7. The van der Waals surface area contributed by atoms with Gasteiger partial charge in [0.1, 0.15) is 0 Å². The Balaban J connectivity index is 1.39. The van der Waals surface area contributed by atoms with E-state index >= 15 is 0 Å². The maximum absolute atomic E-state index is 12.8. The van der Waals surface area contributed by atoms with Gasteiger partial charge in [0.05, 0.1) is 26.0 Å². The molecular weight excluding hydrogens is 478 g/mol. The monoisotopic (exact) mass is 511 g/mol. The van der Waals surface area contributed by atoms with Crippen LogP contribution in [0.3, 0.4) is 0 Å². The molecule has 0 fully saturated rings. The number of carbonyl (C=O) groups excluding carboxylic acids is 1. The Hall–Kier alpha value is -4.10. The summed E-state index contributed by atoms with van der Waals surface area (Å²) in [5.41, 5.74) is 8.52. The minimum Gasteiger partial charge on any atom is -0.493 e. The summed E-state index contributed by atoms with van der Waals surface area (Å²) in [4.78, 5) is 12.8. The molecule has 0 spiro atoms. The molecule has 7 heteroatoms. The normalized spacial score (nSPS) is 20.6. The summed E-state index contributed by atoms with van der Waals surface area (Å²) in [5.74, 6) is 1.77. The average Bonchev–Trinajstić information content (AvgIpc) is 3.46. The van der Waals surface area contributed by atoms with Gasteiger partial charge in [-0.2, -0.15) is 5.10 Å². The second kappa shape index (κ2) is 11.1. The van der Waals surface area contributed by atoms with Gasteiger partial charge >= 0.3 is 0 Å². The molecule has 0 bridgehead atoms. The molecule has 0 aromatic heterocycles. The van der Waals surface area contributed by atoms with E-state index in [0.29, 0.717) is 5.92 Å². The molecule has 0 saturated carbocycles. The predicted molar refractivity (Wildman–Crippen MR) is 149 cm³/mol. The number of benzene rings is 3. The largest absolute Gasteiger partial charge is 0.493 e. The molecule has 3 aromatic carbocycles. The molecule has 4 atom stereocenters. The molecule has 0 radical (unpaired) electrons. The van der Waals surface area contributed by atoms with Crippen molar-refractivity contribution in [3.63, 3.8) is 0 Å². The van der Waals surface area contributed by atoms with Gasteiger partial charge in [-0.1, -0.05) is 60.7 Å². The maximum Gasteiger partial charge on any atom is 0.273 e. The van der Waals surface area contributed by atoms with Crippen molar-refractivity contribution in [2.45, 2.75) is 31.4 Å². The Bertz CT molecular complexity index is 1370. The Kier molecular flexibility index (Phi) is 7.47. The quantitative estimate of drug-likeness (QED) is 0.228. The number of hydrogen-bond acceptors (Lipinski definition) is 6. The van der Waals surface area contributed by atoms with Crippen LogP contribution in [0.15, 0.2) is 84.0 Å². The van der Waals surface area contributed by atoms with Gasteiger partial charge in [-0.15, -0.1) is 0 Å². The zero-order valence-corrected chi connectivity index (χ0v) is 22.1. The molecule has 38 heavy (non-hydrogen) atoms. The van der Waals surface area contributed by atoms with E-state index < -0.39 is 6.10 Å². The van der Waals surface area contributed by atoms with Gasteiger partial charge < -0.3 is 19.5 Å². The molecule has 1 aliphatic carbocycles. The van der Waals surface area contributed by atoms with Crippen LogP contribution in [-0.4, -0.2) is 32.9 Å². The van der Waals surface area contributed by atoms with E-state index in [0.717, 1.165) is 46.0 Å². The number of nitrogens with one attached hydrogen (secondary N) is 2. The van der Waals surface area contributed by atoms with Crippen LogP contribution >= 0.6 is 0 Å². The van der Waals surface area contributed by atoms with Crippen LogP contribution in [0.2, 0.25) is 0 Å². The number of fused-ring (bicyclic) bond motifs is 3. The number of amides is 1. The first kappa shape index (κ1) is 25.5. The molecule has 2 aliphatic rings. The summed E-state index contributed by atoms with van der Waals surface area (Å²) >= 11 is 0. The van der Waals surface area contributed by atoms with Crippen LogP contribution in [0.25, 0.3) is 0 Å². The number of ether oxygens (including phenoxy) is 3. The summed E-state index contributed by atoms with van der Waals surface area (Å²) in [6, 6.07) is 21.8. The minimum atomic E-state index is -0.726. The highest BCUT2D eigenvalue weighted by Crippen LogP contribution is 2.52. The highest BCUT2D eigenvalue weighted by Gasteiger charge is 2.39.